The molecule has 0 aliphatic heterocycles. The van der Waals surface area contributed by atoms with Crippen LogP contribution in [0.2, 0.25) is 11.8 Å². The van der Waals surface area contributed by atoms with Gasteiger partial charge in [0.25, 0.3) is 0 Å². The SMILES string of the molecule is C[CH](C(=O)Oc1ccccc1)[Sn]([CH](C)C(=O)Oc1ccccc1)[CH](C)C(=O)Oc1ccccc1.Cl. The number of ether oxygens (including phenoxy) is 3. The molecule has 3 rings (SSSR count). The normalized spacial score (nSPS) is 13.0. The summed E-state index contributed by atoms with van der Waals surface area (Å²) in [5.74, 6) is -0.124. The van der Waals surface area contributed by atoms with E-state index in [9.17, 15) is 14.4 Å². The van der Waals surface area contributed by atoms with Crippen molar-refractivity contribution in [3.63, 3.8) is 0 Å². The molecule has 0 saturated carbocycles. The van der Waals surface area contributed by atoms with Gasteiger partial charge in [0.2, 0.25) is 0 Å². The number of carbonyl (C=O) groups excluding carboxylic acids is 3. The van der Waals surface area contributed by atoms with Crippen molar-refractivity contribution in [1.29, 1.82) is 0 Å². The number of halogens is 1. The molecule has 183 valence electrons. The van der Waals surface area contributed by atoms with Crippen LogP contribution in [0.25, 0.3) is 0 Å². The predicted molar refractivity (Wildman–Crippen MR) is 138 cm³/mol. The molecular formula is C27H28ClO6Sn. The van der Waals surface area contributed by atoms with Crippen LogP contribution in [0.4, 0.5) is 0 Å². The Kier molecular flexibility index (Phi) is 11.3. The van der Waals surface area contributed by atoms with Gasteiger partial charge in [-0.05, 0) is 0 Å². The summed E-state index contributed by atoms with van der Waals surface area (Å²) >= 11 is -3.29. The summed E-state index contributed by atoms with van der Waals surface area (Å²) in [5, 5.41) is 0. The van der Waals surface area contributed by atoms with E-state index in [-0.39, 0.29) is 12.4 Å². The van der Waals surface area contributed by atoms with Gasteiger partial charge < -0.3 is 0 Å². The minimum atomic E-state index is -3.29. The van der Waals surface area contributed by atoms with Gasteiger partial charge in [-0.2, -0.15) is 0 Å². The smallest absolute Gasteiger partial charge is 0.147 e. The Bertz CT molecular complexity index is 953. The van der Waals surface area contributed by atoms with Crippen LogP contribution >= 0.6 is 12.4 Å². The van der Waals surface area contributed by atoms with Crippen LogP contribution in [-0.2, 0) is 14.4 Å². The van der Waals surface area contributed by atoms with Crippen molar-refractivity contribution in [3.05, 3.63) is 91.0 Å². The molecule has 0 bridgehead atoms. The maximum absolute atomic E-state index is 13.0. The van der Waals surface area contributed by atoms with Crippen molar-refractivity contribution in [2.45, 2.75) is 32.6 Å². The van der Waals surface area contributed by atoms with Gasteiger partial charge in [-0.15, -0.1) is 12.4 Å². The third-order valence-electron chi connectivity index (χ3n) is 5.45. The van der Waals surface area contributed by atoms with Gasteiger partial charge in [0.15, 0.2) is 0 Å². The number of hydrogen-bond acceptors (Lipinski definition) is 6. The zero-order chi connectivity index (χ0) is 24.5. The third kappa shape index (κ3) is 8.11. The second kappa shape index (κ2) is 13.9. The molecule has 0 N–H and O–H groups in total. The fourth-order valence-electron chi connectivity index (χ4n) is 3.61. The van der Waals surface area contributed by atoms with E-state index in [1.165, 1.54) is 0 Å². The topological polar surface area (TPSA) is 78.9 Å². The van der Waals surface area contributed by atoms with Crippen LogP contribution in [0.15, 0.2) is 91.0 Å². The maximum atomic E-state index is 13.0. The van der Waals surface area contributed by atoms with Crippen LogP contribution in [0.3, 0.4) is 0 Å². The minimum absolute atomic E-state index is 0. The Morgan fingerprint density at radius 2 is 0.743 bits per heavy atom. The molecule has 0 heterocycles. The summed E-state index contributed by atoms with van der Waals surface area (Å²) < 4.78 is 14.9. The Morgan fingerprint density at radius 1 is 0.514 bits per heavy atom. The van der Waals surface area contributed by atoms with Crippen LogP contribution in [0.5, 0.6) is 17.2 Å². The van der Waals surface area contributed by atoms with Crippen LogP contribution in [0.1, 0.15) is 20.8 Å². The van der Waals surface area contributed by atoms with E-state index in [0.29, 0.717) is 17.2 Å². The number of carbonyl (C=O) groups is 3. The molecule has 0 amide bonds. The van der Waals surface area contributed by atoms with Crippen LogP contribution in [0, 0.1) is 0 Å². The fraction of sp³-hybridized carbons (Fsp3) is 0.222. The molecular weight excluding hydrogens is 574 g/mol. The van der Waals surface area contributed by atoms with Crippen LogP contribution in [-0.4, -0.2) is 37.7 Å². The first-order valence-corrected chi connectivity index (χ1v) is 16.0. The number of rotatable bonds is 9. The first-order chi connectivity index (χ1) is 16.4. The van der Waals surface area contributed by atoms with E-state index in [1.807, 2.05) is 18.2 Å². The number of esters is 3. The Labute approximate surface area is 218 Å². The number of benzene rings is 3. The third-order valence-corrected chi connectivity index (χ3v) is 16.0. The predicted octanol–water partition coefficient (Wildman–Crippen LogP) is 5.89. The van der Waals surface area contributed by atoms with Gasteiger partial charge in [-0.1, -0.05) is 0 Å². The number of hydrogen-bond donors (Lipinski definition) is 0. The summed E-state index contributed by atoms with van der Waals surface area (Å²) in [6.45, 7) is 5.20. The van der Waals surface area contributed by atoms with E-state index in [4.69, 9.17) is 14.2 Å². The average molecular weight is 603 g/mol. The summed E-state index contributed by atoms with van der Waals surface area (Å²) in [7, 11) is 0. The molecule has 0 aromatic heterocycles. The van der Waals surface area contributed by atoms with Crippen molar-refractivity contribution in [3.8, 4) is 17.2 Å². The first-order valence-electron chi connectivity index (χ1n) is 11.0. The van der Waals surface area contributed by atoms with Crippen molar-refractivity contribution in [1.82, 2.24) is 0 Å². The van der Waals surface area contributed by atoms with Crippen molar-refractivity contribution in [2.24, 2.45) is 0 Å². The van der Waals surface area contributed by atoms with Gasteiger partial charge in [0, 0.05) is 0 Å². The molecule has 0 fully saturated rings. The van der Waals surface area contributed by atoms with E-state index in [0.717, 1.165) is 0 Å². The summed E-state index contributed by atoms with van der Waals surface area (Å²) in [5.41, 5.74) is 0. The Hall–Kier alpha value is -2.84. The summed E-state index contributed by atoms with van der Waals surface area (Å²) in [6, 6.07) is 26.2. The molecule has 0 aliphatic carbocycles. The van der Waals surface area contributed by atoms with Gasteiger partial charge in [0.05, 0.1) is 0 Å². The van der Waals surface area contributed by atoms with Gasteiger partial charge in [0.1, 0.15) is 0 Å². The fourth-order valence-corrected chi connectivity index (χ4v) is 12.9. The molecule has 3 aromatic carbocycles. The molecule has 35 heavy (non-hydrogen) atoms. The van der Waals surface area contributed by atoms with Gasteiger partial charge in [-0.3, -0.25) is 0 Å². The second-order valence-electron chi connectivity index (χ2n) is 7.87. The standard InChI is InChI=1S/3C9H9O2.ClH.Sn/c3*1-2-9(10)11-8-6-4-3-5-7-8;;/h3*2-7H,1H3;1H;. The van der Waals surface area contributed by atoms with Crippen LogP contribution < -0.4 is 14.2 Å². The van der Waals surface area contributed by atoms with E-state index in [1.54, 1.807) is 93.6 Å². The number of para-hydroxylation sites is 3. The zero-order valence-electron chi connectivity index (χ0n) is 19.8. The molecule has 0 spiro atoms. The van der Waals surface area contributed by atoms with Crippen molar-refractivity contribution in [2.75, 3.05) is 0 Å². The average Bonchev–Trinajstić information content (AvgIpc) is 2.85. The summed E-state index contributed by atoms with van der Waals surface area (Å²) in [6.07, 6.45) is 0. The maximum Gasteiger partial charge on any atom is -0.147 e. The van der Waals surface area contributed by atoms with E-state index < -0.39 is 49.5 Å². The minimum Gasteiger partial charge on any atom is -0.147 e. The molecule has 8 heteroatoms. The molecule has 3 aromatic rings. The molecule has 6 nitrogen and oxygen atoms in total. The molecule has 0 saturated heterocycles. The molecule has 3 atom stereocenters. The van der Waals surface area contributed by atoms with Gasteiger partial charge >= 0.3 is 207 Å². The quantitative estimate of drug-likeness (QED) is 0.173. The van der Waals surface area contributed by atoms with Crippen molar-refractivity contribution < 1.29 is 28.6 Å². The zero-order valence-corrected chi connectivity index (χ0v) is 23.4. The first kappa shape index (κ1) is 28.4. The van der Waals surface area contributed by atoms with Crippen molar-refractivity contribution >= 4 is 50.1 Å². The Morgan fingerprint density at radius 3 is 0.971 bits per heavy atom. The molecule has 3 unspecified atom stereocenters. The second-order valence-corrected chi connectivity index (χ2v) is 18.1. The molecule has 0 aliphatic rings. The Balaban J connectivity index is 0.00000432. The van der Waals surface area contributed by atoms with E-state index >= 15 is 0 Å². The van der Waals surface area contributed by atoms with Gasteiger partial charge in [-0.25, -0.2) is 0 Å². The molecule has 1 radical (unpaired) electrons. The monoisotopic (exact) mass is 603 g/mol. The largest absolute Gasteiger partial charge is 0.147 e. The van der Waals surface area contributed by atoms with E-state index in [2.05, 4.69) is 0 Å². The summed E-state index contributed by atoms with van der Waals surface area (Å²) in [4.78, 5) is 39.1.